The Morgan fingerprint density at radius 1 is 1.29 bits per heavy atom. The lowest BCUT2D eigenvalue weighted by Crippen LogP contribution is -2.10. The minimum Gasteiger partial charge on any atom is -0.122 e. The molecule has 1 aromatic carbocycles. The molecule has 0 saturated carbocycles. The molecule has 0 heterocycles. The zero-order valence-corrected chi connectivity index (χ0v) is 10.0. The largest absolute Gasteiger partial charge is 0.122 e. The van der Waals surface area contributed by atoms with Gasteiger partial charge in [-0.1, -0.05) is 44.5 Å². The van der Waals surface area contributed by atoms with Crippen LogP contribution in [0.4, 0.5) is 0 Å². The Bertz CT molecular complexity index is 280. The molecular formula is C13H19Cl. The smallest absolute Gasteiger partial charge is 0.0401 e. The lowest BCUT2D eigenvalue weighted by atomic mass is 9.92. The van der Waals surface area contributed by atoms with Crippen LogP contribution in [0.5, 0.6) is 0 Å². The molecule has 0 aliphatic carbocycles. The van der Waals surface area contributed by atoms with Gasteiger partial charge in [0, 0.05) is 5.38 Å². The molecule has 0 N–H and O–H groups in total. The van der Waals surface area contributed by atoms with Gasteiger partial charge in [0.2, 0.25) is 0 Å². The van der Waals surface area contributed by atoms with Crippen molar-refractivity contribution < 1.29 is 0 Å². The highest BCUT2D eigenvalue weighted by Gasteiger charge is 2.16. The Kier molecular flexibility index (Phi) is 4.47. The summed E-state index contributed by atoms with van der Waals surface area (Å²) in [5, 5.41) is 0.265. The summed E-state index contributed by atoms with van der Waals surface area (Å²) >= 11 is 6.34. The van der Waals surface area contributed by atoms with Gasteiger partial charge in [0.15, 0.2) is 0 Å². The summed E-state index contributed by atoms with van der Waals surface area (Å²) in [6.45, 7) is 6.55. The SMILES string of the molecule is CCCC(Cl)C(C)c1ccccc1C. The molecule has 0 radical (unpaired) electrons. The maximum Gasteiger partial charge on any atom is 0.0401 e. The summed E-state index contributed by atoms with van der Waals surface area (Å²) in [6, 6.07) is 8.51. The molecule has 2 unspecified atom stereocenters. The van der Waals surface area contributed by atoms with Gasteiger partial charge in [0.1, 0.15) is 0 Å². The third-order valence-corrected chi connectivity index (χ3v) is 3.38. The molecular weight excluding hydrogens is 192 g/mol. The molecule has 1 rings (SSSR count). The first-order valence-electron chi connectivity index (χ1n) is 5.36. The summed E-state index contributed by atoms with van der Waals surface area (Å²) < 4.78 is 0. The average molecular weight is 211 g/mol. The van der Waals surface area contributed by atoms with Gasteiger partial charge in [0.05, 0.1) is 0 Å². The van der Waals surface area contributed by atoms with E-state index in [1.165, 1.54) is 11.1 Å². The fourth-order valence-electron chi connectivity index (χ4n) is 1.82. The van der Waals surface area contributed by atoms with Crippen LogP contribution in [0.25, 0.3) is 0 Å². The van der Waals surface area contributed by atoms with Gasteiger partial charge in [-0.2, -0.15) is 0 Å². The summed E-state index contributed by atoms with van der Waals surface area (Å²) in [5.41, 5.74) is 2.74. The second kappa shape index (κ2) is 5.41. The molecule has 78 valence electrons. The van der Waals surface area contributed by atoms with Crippen molar-refractivity contribution in [3.8, 4) is 0 Å². The fourth-order valence-corrected chi connectivity index (χ4v) is 2.17. The van der Waals surface area contributed by atoms with Crippen LogP contribution in [0.2, 0.25) is 0 Å². The van der Waals surface area contributed by atoms with E-state index in [1.807, 2.05) is 0 Å². The average Bonchev–Trinajstić information content (AvgIpc) is 2.18. The highest BCUT2D eigenvalue weighted by atomic mass is 35.5. The van der Waals surface area contributed by atoms with Crippen molar-refractivity contribution in [2.24, 2.45) is 0 Å². The van der Waals surface area contributed by atoms with Crippen molar-refractivity contribution in [2.75, 3.05) is 0 Å². The van der Waals surface area contributed by atoms with E-state index in [-0.39, 0.29) is 5.38 Å². The molecule has 0 nitrogen and oxygen atoms in total. The Balaban J connectivity index is 2.78. The molecule has 0 saturated heterocycles. The molecule has 14 heavy (non-hydrogen) atoms. The molecule has 0 bridgehead atoms. The Morgan fingerprint density at radius 3 is 2.50 bits per heavy atom. The van der Waals surface area contributed by atoms with E-state index >= 15 is 0 Å². The number of hydrogen-bond donors (Lipinski definition) is 0. The van der Waals surface area contributed by atoms with Crippen molar-refractivity contribution in [1.29, 1.82) is 0 Å². The van der Waals surface area contributed by atoms with Crippen molar-refractivity contribution in [1.82, 2.24) is 0 Å². The van der Waals surface area contributed by atoms with E-state index in [4.69, 9.17) is 11.6 Å². The number of alkyl halides is 1. The highest BCUT2D eigenvalue weighted by Crippen LogP contribution is 2.28. The van der Waals surface area contributed by atoms with Crippen LogP contribution in [0.1, 0.15) is 43.7 Å². The predicted octanol–water partition coefficient (Wildman–Crippen LogP) is 4.51. The van der Waals surface area contributed by atoms with E-state index in [0.717, 1.165) is 12.8 Å². The first-order chi connectivity index (χ1) is 6.66. The topological polar surface area (TPSA) is 0 Å². The van der Waals surface area contributed by atoms with Crippen molar-refractivity contribution in [3.63, 3.8) is 0 Å². The van der Waals surface area contributed by atoms with Crippen LogP contribution in [0, 0.1) is 6.92 Å². The Labute approximate surface area is 92.3 Å². The number of rotatable bonds is 4. The first-order valence-corrected chi connectivity index (χ1v) is 5.80. The lowest BCUT2D eigenvalue weighted by molar-refractivity contribution is 0.631. The van der Waals surface area contributed by atoms with Crippen molar-refractivity contribution in [3.05, 3.63) is 35.4 Å². The molecule has 0 fully saturated rings. The summed E-state index contributed by atoms with van der Waals surface area (Å²) in [6.07, 6.45) is 2.25. The maximum atomic E-state index is 6.34. The third-order valence-electron chi connectivity index (χ3n) is 2.79. The third kappa shape index (κ3) is 2.75. The standard InChI is InChI=1S/C13H19Cl/c1-4-7-13(14)11(3)12-9-6-5-8-10(12)2/h5-6,8-9,11,13H,4,7H2,1-3H3. The van der Waals surface area contributed by atoms with Crippen LogP contribution in [-0.2, 0) is 0 Å². The number of halogens is 1. The molecule has 0 aliphatic rings. The van der Waals surface area contributed by atoms with E-state index in [0.29, 0.717) is 5.92 Å². The maximum absolute atomic E-state index is 6.34. The number of hydrogen-bond acceptors (Lipinski definition) is 0. The van der Waals surface area contributed by atoms with Gasteiger partial charge in [-0.15, -0.1) is 11.6 Å². The molecule has 0 amide bonds. The van der Waals surface area contributed by atoms with Gasteiger partial charge < -0.3 is 0 Å². The molecule has 1 heteroatoms. The summed E-state index contributed by atoms with van der Waals surface area (Å²) in [7, 11) is 0. The van der Waals surface area contributed by atoms with Crippen LogP contribution in [0.3, 0.4) is 0 Å². The molecule has 1 aromatic rings. The van der Waals surface area contributed by atoms with Crippen LogP contribution < -0.4 is 0 Å². The van der Waals surface area contributed by atoms with Gasteiger partial charge >= 0.3 is 0 Å². The Hall–Kier alpha value is -0.490. The molecule has 0 aliphatic heterocycles. The fraction of sp³-hybridized carbons (Fsp3) is 0.538. The minimum absolute atomic E-state index is 0.265. The van der Waals surface area contributed by atoms with E-state index in [1.54, 1.807) is 0 Å². The van der Waals surface area contributed by atoms with E-state index in [2.05, 4.69) is 45.0 Å². The molecule has 0 aromatic heterocycles. The summed E-state index contributed by atoms with van der Waals surface area (Å²) in [4.78, 5) is 0. The molecule has 0 spiro atoms. The van der Waals surface area contributed by atoms with Gasteiger partial charge in [-0.3, -0.25) is 0 Å². The van der Waals surface area contributed by atoms with E-state index < -0.39 is 0 Å². The molecule has 2 atom stereocenters. The quantitative estimate of drug-likeness (QED) is 0.642. The van der Waals surface area contributed by atoms with E-state index in [9.17, 15) is 0 Å². The summed E-state index contributed by atoms with van der Waals surface area (Å²) in [5.74, 6) is 0.456. The first kappa shape index (κ1) is 11.6. The van der Waals surface area contributed by atoms with Crippen molar-refractivity contribution in [2.45, 2.75) is 44.9 Å². The zero-order valence-electron chi connectivity index (χ0n) is 9.26. The van der Waals surface area contributed by atoms with Crippen molar-refractivity contribution >= 4 is 11.6 Å². The number of aryl methyl sites for hydroxylation is 1. The van der Waals surface area contributed by atoms with Crippen LogP contribution in [0.15, 0.2) is 24.3 Å². The second-order valence-electron chi connectivity index (χ2n) is 3.95. The van der Waals surface area contributed by atoms with Gasteiger partial charge in [-0.05, 0) is 30.4 Å². The lowest BCUT2D eigenvalue weighted by Gasteiger charge is -2.19. The number of benzene rings is 1. The van der Waals surface area contributed by atoms with Gasteiger partial charge in [0.25, 0.3) is 0 Å². The Morgan fingerprint density at radius 2 is 1.93 bits per heavy atom. The highest BCUT2D eigenvalue weighted by molar-refractivity contribution is 6.21. The predicted molar refractivity (Wildman–Crippen MR) is 64.1 cm³/mol. The van der Waals surface area contributed by atoms with Crippen LogP contribution >= 0.6 is 11.6 Å². The van der Waals surface area contributed by atoms with Gasteiger partial charge in [-0.25, -0.2) is 0 Å². The minimum atomic E-state index is 0.265. The monoisotopic (exact) mass is 210 g/mol. The normalized spacial score (nSPS) is 15.1. The zero-order chi connectivity index (χ0) is 10.6. The van der Waals surface area contributed by atoms with Crippen LogP contribution in [-0.4, -0.2) is 5.38 Å². The second-order valence-corrected chi connectivity index (χ2v) is 4.51.